The van der Waals surface area contributed by atoms with Crippen LogP contribution in [0.1, 0.15) is 15.9 Å². The summed E-state index contributed by atoms with van der Waals surface area (Å²) in [7, 11) is -7.01. The molecule has 1 fully saturated rings. The van der Waals surface area contributed by atoms with Crippen LogP contribution in [-0.2, 0) is 19.9 Å². The highest BCUT2D eigenvalue weighted by atomic mass is 35.5. The summed E-state index contributed by atoms with van der Waals surface area (Å²) >= 11 is 6.06. The summed E-state index contributed by atoms with van der Waals surface area (Å²) in [6, 6.07) is 13.6. The molecule has 1 aromatic heterocycles. The minimum Gasteiger partial charge on any atom is -0.369 e. The third-order valence-corrected chi connectivity index (χ3v) is 8.50. The number of anilines is 2. The van der Waals surface area contributed by atoms with Gasteiger partial charge in [-0.15, -0.1) is 0 Å². The molecule has 11 heteroatoms. The fraction of sp³-hybridized carbons (Fsp3) is 0.182. The van der Waals surface area contributed by atoms with Crippen LogP contribution in [0, 0.1) is 0 Å². The largest absolute Gasteiger partial charge is 0.369 e. The molecule has 0 aliphatic carbocycles. The molecule has 4 rings (SSSR count). The summed E-state index contributed by atoms with van der Waals surface area (Å²) < 4.78 is 51.7. The fourth-order valence-electron chi connectivity index (χ4n) is 3.46. The van der Waals surface area contributed by atoms with Crippen LogP contribution in [0.25, 0.3) is 0 Å². The molecule has 1 N–H and O–H groups in total. The van der Waals surface area contributed by atoms with Crippen molar-refractivity contribution in [3.63, 3.8) is 0 Å². The summed E-state index contributed by atoms with van der Waals surface area (Å²) in [5.41, 5.74) is 1.31. The highest BCUT2D eigenvalue weighted by Crippen LogP contribution is 2.27. The molecule has 2 aromatic carbocycles. The number of nitrogens with one attached hydrogen (secondary N) is 1. The number of carbonyl (C=O) groups excluding carboxylic acids is 1. The van der Waals surface area contributed by atoms with Gasteiger partial charge in [0.25, 0.3) is 10.0 Å². The van der Waals surface area contributed by atoms with Gasteiger partial charge in [-0.3, -0.25) is 14.5 Å². The van der Waals surface area contributed by atoms with E-state index in [2.05, 4.69) is 9.71 Å². The van der Waals surface area contributed by atoms with E-state index in [1.54, 1.807) is 12.1 Å². The normalized spacial score (nSPS) is 15.7. The molecule has 1 saturated heterocycles. The Balaban J connectivity index is 1.57. The summed E-state index contributed by atoms with van der Waals surface area (Å²) in [6.45, 7) is 0.718. The maximum absolute atomic E-state index is 13.0. The monoisotopic (exact) mass is 505 g/mol. The fourth-order valence-corrected chi connectivity index (χ4v) is 5.92. The Bertz CT molecular complexity index is 1380. The average Bonchev–Trinajstić information content (AvgIpc) is 2.80. The Kier molecular flexibility index (Phi) is 6.42. The zero-order valence-corrected chi connectivity index (χ0v) is 19.7. The molecule has 2 heterocycles. The van der Waals surface area contributed by atoms with Crippen LogP contribution < -0.4 is 9.62 Å². The number of sulfone groups is 1. The van der Waals surface area contributed by atoms with Crippen LogP contribution in [0.4, 0.5) is 11.4 Å². The molecule has 0 saturated carbocycles. The SMILES string of the molecule is O=C(c1ccncc1)c1cc(Cl)ccc1NS(=O)(=O)c1ccc(N2CCS(=O)(=O)CC2)cc1. The van der Waals surface area contributed by atoms with Crippen molar-refractivity contribution in [2.45, 2.75) is 4.90 Å². The number of nitrogens with zero attached hydrogens (tertiary/aromatic N) is 2. The lowest BCUT2D eigenvalue weighted by molar-refractivity contribution is 0.103. The van der Waals surface area contributed by atoms with E-state index in [1.807, 2.05) is 4.90 Å². The lowest BCUT2D eigenvalue weighted by Crippen LogP contribution is -2.40. The minimum atomic E-state index is -4.00. The maximum Gasteiger partial charge on any atom is 0.261 e. The highest BCUT2D eigenvalue weighted by Gasteiger charge is 2.23. The van der Waals surface area contributed by atoms with Gasteiger partial charge < -0.3 is 4.90 Å². The van der Waals surface area contributed by atoms with Gasteiger partial charge in [-0.2, -0.15) is 0 Å². The zero-order chi connectivity index (χ0) is 23.6. The predicted octanol–water partition coefficient (Wildman–Crippen LogP) is 3.00. The number of ketones is 1. The van der Waals surface area contributed by atoms with Gasteiger partial charge in [-0.1, -0.05) is 11.6 Å². The van der Waals surface area contributed by atoms with Gasteiger partial charge in [0, 0.05) is 47.3 Å². The second-order valence-electron chi connectivity index (χ2n) is 7.49. The lowest BCUT2D eigenvalue weighted by atomic mass is 10.0. The number of carbonyl (C=O) groups is 1. The first-order valence-electron chi connectivity index (χ1n) is 9.97. The number of sulfonamides is 1. The van der Waals surface area contributed by atoms with Crippen LogP contribution in [0.3, 0.4) is 0 Å². The summed E-state index contributed by atoms with van der Waals surface area (Å²) in [4.78, 5) is 18.7. The van der Waals surface area contributed by atoms with Crippen LogP contribution in [0.5, 0.6) is 0 Å². The van der Waals surface area contributed by atoms with E-state index in [9.17, 15) is 21.6 Å². The molecule has 8 nitrogen and oxygen atoms in total. The van der Waals surface area contributed by atoms with Gasteiger partial charge in [-0.25, -0.2) is 16.8 Å². The van der Waals surface area contributed by atoms with E-state index in [4.69, 9.17) is 11.6 Å². The van der Waals surface area contributed by atoms with Gasteiger partial charge in [0.1, 0.15) is 0 Å². The molecule has 0 atom stereocenters. The number of benzene rings is 2. The van der Waals surface area contributed by atoms with Crippen LogP contribution in [0.2, 0.25) is 5.02 Å². The molecule has 0 bridgehead atoms. The highest BCUT2D eigenvalue weighted by molar-refractivity contribution is 7.92. The second-order valence-corrected chi connectivity index (χ2v) is 11.9. The first kappa shape index (κ1) is 23.2. The molecule has 0 amide bonds. The Morgan fingerprint density at radius 3 is 2.24 bits per heavy atom. The van der Waals surface area contributed by atoms with Crippen molar-refractivity contribution in [3.8, 4) is 0 Å². The number of rotatable bonds is 6. The van der Waals surface area contributed by atoms with Crippen molar-refractivity contribution in [3.05, 3.63) is 83.1 Å². The number of halogens is 1. The van der Waals surface area contributed by atoms with E-state index in [0.29, 0.717) is 23.7 Å². The Morgan fingerprint density at radius 2 is 1.61 bits per heavy atom. The van der Waals surface area contributed by atoms with E-state index < -0.39 is 25.6 Å². The average molecular weight is 506 g/mol. The van der Waals surface area contributed by atoms with Crippen LogP contribution in [0.15, 0.2) is 71.9 Å². The second kappa shape index (κ2) is 9.12. The first-order valence-corrected chi connectivity index (χ1v) is 13.7. The van der Waals surface area contributed by atoms with Gasteiger partial charge >= 0.3 is 0 Å². The number of aromatic nitrogens is 1. The number of hydrogen-bond acceptors (Lipinski definition) is 7. The van der Waals surface area contributed by atoms with Crippen molar-refractivity contribution in [2.75, 3.05) is 34.2 Å². The molecular weight excluding hydrogens is 486 g/mol. The topological polar surface area (TPSA) is 114 Å². The molecular formula is C22H20ClN3O5S2. The van der Waals surface area contributed by atoms with E-state index in [1.165, 1.54) is 54.9 Å². The van der Waals surface area contributed by atoms with Crippen LogP contribution >= 0.6 is 11.6 Å². The molecule has 33 heavy (non-hydrogen) atoms. The lowest BCUT2D eigenvalue weighted by Gasteiger charge is -2.28. The molecule has 1 aliphatic heterocycles. The standard InChI is InChI=1S/C22H20ClN3O5S2/c23-17-1-6-21(20(15-17)22(27)16-7-9-24-10-8-16)25-33(30,31)19-4-2-18(3-5-19)26-11-13-32(28,29)14-12-26/h1-10,15,25H,11-14H2. The molecule has 3 aromatic rings. The summed E-state index contributed by atoms with van der Waals surface area (Å²) in [5, 5.41) is 0.295. The van der Waals surface area contributed by atoms with Crippen LogP contribution in [-0.4, -0.2) is 52.2 Å². The van der Waals surface area contributed by atoms with Crippen molar-refractivity contribution < 1.29 is 21.6 Å². The summed E-state index contributed by atoms with van der Waals surface area (Å²) in [5.74, 6) is -0.258. The third kappa shape index (κ3) is 5.35. The minimum absolute atomic E-state index is 0.00754. The third-order valence-electron chi connectivity index (χ3n) is 5.27. The van der Waals surface area contributed by atoms with E-state index in [0.717, 1.165) is 5.69 Å². The summed E-state index contributed by atoms with van der Waals surface area (Å²) in [6.07, 6.45) is 2.95. The molecule has 1 aliphatic rings. The van der Waals surface area contributed by atoms with Crippen molar-refractivity contribution in [1.82, 2.24) is 4.98 Å². The van der Waals surface area contributed by atoms with Gasteiger partial charge in [-0.05, 0) is 54.6 Å². The first-order chi connectivity index (χ1) is 15.6. The predicted molar refractivity (Wildman–Crippen MR) is 127 cm³/mol. The quantitative estimate of drug-likeness (QED) is 0.512. The molecule has 0 unspecified atom stereocenters. The maximum atomic E-state index is 13.0. The van der Waals surface area contributed by atoms with Gasteiger partial charge in [0.2, 0.25) is 0 Å². The Hall–Kier alpha value is -2.95. The Labute approximate surface area is 197 Å². The number of pyridine rings is 1. The number of hydrogen-bond donors (Lipinski definition) is 1. The van der Waals surface area contributed by atoms with Gasteiger partial charge in [0.15, 0.2) is 15.6 Å². The zero-order valence-electron chi connectivity index (χ0n) is 17.3. The van der Waals surface area contributed by atoms with Crippen molar-refractivity contribution in [1.29, 1.82) is 0 Å². The van der Waals surface area contributed by atoms with E-state index in [-0.39, 0.29) is 27.7 Å². The van der Waals surface area contributed by atoms with Gasteiger partial charge in [0.05, 0.1) is 22.1 Å². The molecule has 172 valence electrons. The van der Waals surface area contributed by atoms with E-state index >= 15 is 0 Å². The molecule has 0 radical (unpaired) electrons. The smallest absolute Gasteiger partial charge is 0.261 e. The Morgan fingerprint density at radius 1 is 0.970 bits per heavy atom. The van der Waals surface area contributed by atoms with Crippen molar-refractivity contribution in [2.24, 2.45) is 0 Å². The van der Waals surface area contributed by atoms with Crippen molar-refractivity contribution >= 4 is 48.6 Å². The molecule has 0 spiro atoms.